The summed E-state index contributed by atoms with van der Waals surface area (Å²) in [5, 5.41) is 12.6. The maximum absolute atomic E-state index is 11.4. The lowest BCUT2D eigenvalue weighted by molar-refractivity contribution is 0.416. The zero-order chi connectivity index (χ0) is 18.2. The van der Waals surface area contributed by atoms with Crippen LogP contribution in [0.1, 0.15) is 0 Å². The van der Waals surface area contributed by atoms with E-state index in [9.17, 15) is 8.42 Å². The molecule has 3 N–H and O–H groups in total. The summed E-state index contributed by atoms with van der Waals surface area (Å²) in [6.45, 7) is 0. The van der Waals surface area contributed by atoms with Crippen LogP contribution in [0, 0.1) is 4.77 Å². The van der Waals surface area contributed by atoms with Crippen LogP contribution in [0.25, 0.3) is 17.1 Å². The highest BCUT2D eigenvalue weighted by Crippen LogP contribution is 2.32. The van der Waals surface area contributed by atoms with Crippen molar-refractivity contribution in [3.8, 4) is 22.8 Å². The van der Waals surface area contributed by atoms with Crippen molar-refractivity contribution in [1.29, 1.82) is 0 Å². The Morgan fingerprint density at radius 3 is 2.52 bits per heavy atom. The number of methoxy groups -OCH3 is 1. The Kier molecular flexibility index (Phi) is 4.65. The molecule has 0 atom stereocenters. The van der Waals surface area contributed by atoms with Crippen LogP contribution < -0.4 is 9.88 Å². The van der Waals surface area contributed by atoms with E-state index in [1.54, 1.807) is 42.0 Å². The first kappa shape index (κ1) is 17.6. The van der Waals surface area contributed by atoms with Gasteiger partial charge in [-0.05, 0) is 54.7 Å². The summed E-state index contributed by atoms with van der Waals surface area (Å²) in [4.78, 5) is 0.00755. The number of nitrogens with zero attached hydrogens (tertiary/aromatic N) is 2. The fourth-order valence-corrected chi connectivity index (χ4v) is 3.28. The number of benzene rings is 2. The molecule has 3 aromatic rings. The molecule has 0 aliphatic rings. The number of halogens is 1. The van der Waals surface area contributed by atoms with Gasteiger partial charge in [-0.25, -0.2) is 13.6 Å². The van der Waals surface area contributed by atoms with Gasteiger partial charge in [0.05, 0.1) is 23.3 Å². The second-order valence-electron chi connectivity index (χ2n) is 5.07. The van der Waals surface area contributed by atoms with Gasteiger partial charge >= 0.3 is 0 Å². The summed E-state index contributed by atoms with van der Waals surface area (Å²) in [6.07, 6.45) is 0. The van der Waals surface area contributed by atoms with Crippen molar-refractivity contribution in [2.24, 2.45) is 5.14 Å². The van der Waals surface area contributed by atoms with E-state index in [0.29, 0.717) is 32.6 Å². The summed E-state index contributed by atoms with van der Waals surface area (Å²) in [7, 11) is -2.23. The number of aromatic amines is 1. The van der Waals surface area contributed by atoms with E-state index in [2.05, 4.69) is 10.2 Å². The lowest BCUT2D eigenvalue weighted by atomic mass is 10.2. The Morgan fingerprint density at radius 1 is 1.24 bits per heavy atom. The van der Waals surface area contributed by atoms with Gasteiger partial charge < -0.3 is 4.74 Å². The van der Waals surface area contributed by atoms with Crippen molar-refractivity contribution in [2.45, 2.75) is 4.90 Å². The molecule has 1 heterocycles. The number of aromatic nitrogens is 3. The molecule has 0 saturated heterocycles. The number of hydrogen-bond donors (Lipinski definition) is 2. The van der Waals surface area contributed by atoms with Crippen LogP contribution in [0.15, 0.2) is 47.4 Å². The number of hydrogen-bond acceptors (Lipinski definition) is 5. The largest absolute Gasteiger partial charge is 0.496 e. The fraction of sp³-hybridized carbons (Fsp3) is 0.0667. The van der Waals surface area contributed by atoms with Gasteiger partial charge in [0.15, 0.2) is 10.6 Å². The van der Waals surface area contributed by atoms with Crippen molar-refractivity contribution in [2.75, 3.05) is 7.11 Å². The van der Waals surface area contributed by atoms with E-state index >= 15 is 0 Å². The minimum atomic E-state index is -3.77. The number of ether oxygens (including phenoxy) is 1. The zero-order valence-corrected chi connectivity index (χ0v) is 15.3. The van der Waals surface area contributed by atoms with Crippen LogP contribution in [0.5, 0.6) is 5.75 Å². The van der Waals surface area contributed by atoms with Gasteiger partial charge in [0, 0.05) is 5.02 Å². The summed E-state index contributed by atoms with van der Waals surface area (Å²) in [6, 6.07) is 11.1. The summed E-state index contributed by atoms with van der Waals surface area (Å²) < 4.78 is 30.2. The van der Waals surface area contributed by atoms with Crippen LogP contribution in [0.4, 0.5) is 0 Å². The van der Waals surface area contributed by atoms with Crippen molar-refractivity contribution in [1.82, 2.24) is 14.8 Å². The molecule has 0 aliphatic heterocycles. The smallest absolute Gasteiger partial charge is 0.238 e. The minimum absolute atomic E-state index is 0.00755. The number of primary sulfonamides is 1. The molecule has 0 spiro atoms. The van der Waals surface area contributed by atoms with Gasteiger partial charge in [-0.2, -0.15) is 5.10 Å². The molecular weight excluding hydrogens is 384 g/mol. The third-order valence-electron chi connectivity index (χ3n) is 3.50. The number of nitrogens with two attached hydrogens (primary N) is 1. The molecule has 0 unspecified atom stereocenters. The number of nitrogens with one attached hydrogen (secondary N) is 1. The fourth-order valence-electron chi connectivity index (χ4n) is 2.36. The molecule has 2 aromatic carbocycles. The Labute approximate surface area is 154 Å². The lowest BCUT2D eigenvalue weighted by Gasteiger charge is -2.11. The number of H-pyrrole nitrogens is 1. The van der Waals surface area contributed by atoms with Crippen LogP contribution >= 0.6 is 23.8 Å². The third kappa shape index (κ3) is 3.45. The van der Waals surface area contributed by atoms with E-state index in [-0.39, 0.29) is 4.90 Å². The Balaban J connectivity index is 2.19. The molecular formula is C15H13ClN4O3S2. The van der Waals surface area contributed by atoms with E-state index in [1.807, 2.05) is 0 Å². The Bertz CT molecular complexity index is 1090. The Morgan fingerprint density at radius 2 is 1.92 bits per heavy atom. The first-order chi connectivity index (χ1) is 11.8. The first-order valence-electron chi connectivity index (χ1n) is 6.96. The summed E-state index contributed by atoms with van der Waals surface area (Å²) in [5.74, 6) is 1.05. The van der Waals surface area contributed by atoms with E-state index in [4.69, 9.17) is 33.7 Å². The molecule has 7 nitrogen and oxygen atoms in total. The molecule has 0 amide bonds. The van der Waals surface area contributed by atoms with Gasteiger partial charge in [0.2, 0.25) is 10.0 Å². The second kappa shape index (κ2) is 6.60. The molecule has 0 fully saturated rings. The normalized spacial score (nSPS) is 11.5. The monoisotopic (exact) mass is 396 g/mol. The topological polar surface area (TPSA) is 103 Å². The highest BCUT2D eigenvalue weighted by atomic mass is 35.5. The minimum Gasteiger partial charge on any atom is -0.496 e. The molecule has 130 valence electrons. The number of rotatable bonds is 4. The second-order valence-corrected chi connectivity index (χ2v) is 7.46. The van der Waals surface area contributed by atoms with Crippen LogP contribution in [0.2, 0.25) is 5.02 Å². The van der Waals surface area contributed by atoms with E-state index in [1.165, 1.54) is 12.1 Å². The SMILES string of the molecule is COc1ccc(Cl)cc1-c1n[nH]c(=S)n1-c1ccc(S(N)(=O)=O)cc1. The predicted octanol–water partition coefficient (Wildman–Crippen LogP) is 2.91. The quantitative estimate of drug-likeness (QED) is 0.660. The highest BCUT2D eigenvalue weighted by molar-refractivity contribution is 7.89. The maximum Gasteiger partial charge on any atom is 0.238 e. The van der Waals surface area contributed by atoms with Gasteiger partial charge in [-0.1, -0.05) is 11.6 Å². The molecule has 3 rings (SSSR count). The molecule has 25 heavy (non-hydrogen) atoms. The van der Waals surface area contributed by atoms with Gasteiger partial charge in [-0.3, -0.25) is 9.67 Å². The molecule has 0 radical (unpaired) electrons. The van der Waals surface area contributed by atoms with Crippen LogP contribution in [0.3, 0.4) is 0 Å². The molecule has 10 heteroatoms. The molecule has 0 saturated carbocycles. The van der Waals surface area contributed by atoms with Gasteiger partial charge in [0.1, 0.15) is 5.75 Å². The third-order valence-corrected chi connectivity index (χ3v) is 4.94. The summed E-state index contributed by atoms with van der Waals surface area (Å²) >= 11 is 11.4. The van der Waals surface area contributed by atoms with Gasteiger partial charge in [-0.15, -0.1) is 0 Å². The lowest BCUT2D eigenvalue weighted by Crippen LogP contribution is -2.12. The average Bonchev–Trinajstić information content (AvgIpc) is 2.95. The van der Waals surface area contributed by atoms with Crippen LogP contribution in [-0.4, -0.2) is 30.3 Å². The van der Waals surface area contributed by atoms with Crippen molar-refractivity contribution >= 4 is 33.8 Å². The van der Waals surface area contributed by atoms with E-state index in [0.717, 1.165) is 0 Å². The van der Waals surface area contributed by atoms with Crippen molar-refractivity contribution in [3.05, 3.63) is 52.3 Å². The standard InChI is InChI=1S/C15H13ClN4O3S2/c1-23-13-7-2-9(16)8-12(13)14-18-19-15(24)20(14)10-3-5-11(6-4-10)25(17,21)22/h2-8H,1H3,(H,19,24)(H2,17,21,22). The molecule has 0 aliphatic carbocycles. The highest BCUT2D eigenvalue weighted by Gasteiger charge is 2.16. The van der Waals surface area contributed by atoms with Gasteiger partial charge in [0.25, 0.3) is 0 Å². The summed E-state index contributed by atoms with van der Waals surface area (Å²) in [5.41, 5.74) is 1.25. The Hall–Kier alpha value is -2.20. The molecule has 0 bridgehead atoms. The van der Waals surface area contributed by atoms with Crippen LogP contribution in [-0.2, 0) is 10.0 Å². The average molecular weight is 397 g/mol. The molecule has 1 aromatic heterocycles. The maximum atomic E-state index is 11.4. The zero-order valence-electron chi connectivity index (χ0n) is 12.9. The number of sulfonamides is 1. The van der Waals surface area contributed by atoms with Crippen molar-refractivity contribution in [3.63, 3.8) is 0 Å². The predicted molar refractivity (Wildman–Crippen MR) is 97.1 cm³/mol. The first-order valence-corrected chi connectivity index (χ1v) is 9.29. The van der Waals surface area contributed by atoms with E-state index < -0.39 is 10.0 Å². The van der Waals surface area contributed by atoms with Crippen molar-refractivity contribution < 1.29 is 13.2 Å².